The molecule has 0 aliphatic rings. The molecule has 3 N–H and O–H groups in total. The van der Waals surface area contributed by atoms with E-state index in [0.717, 1.165) is 12.8 Å². The summed E-state index contributed by atoms with van der Waals surface area (Å²) in [7, 11) is 0. The van der Waals surface area contributed by atoms with Gasteiger partial charge in [-0.2, -0.15) is 0 Å². The second-order valence-electron chi connectivity index (χ2n) is 4.72. The zero-order valence-corrected chi connectivity index (χ0v) is 12.0. The van der Waals surface area contributed by atoms with Crippen LogP contribution in [0.3, 0.4) is 0 Å². The molecular weight excluding hydrogens is 256 g/mol. The van der Waals surface area contributed by atoms with Crippen LogP contribution < -0.4 is 10.6 Å². The first kappa shape index (κ1) is 16.0. The smallest absolute Gasteiger partial charge is 0.326 e. The van der Waals surface area contributed by atoms with Gasteiger partial charge < -0.3 is 15.7 Å². The maximum Gasteiger partial charge on any atom is 0.326 e. The van der Waals surface area contributed by atoms with Crippen LogP contribution in [0.15, 0.2) is 24.3 Å². The molecule has 0 fully saturated rings. The lowest BCUT2D eigenvalue weighted by Crippen LogP contribution is -2.42. The van der Waals surface area contributed by atoms with Gasteiger partial charge in [-0.25, -0.2) is 9.59 Å². The molecule has 0 aliphatic heterocycles. The van der Waals surface area contributed by atoms with Crippen molar-refractivity contribution >= 4 is 17.7 Å². The molecule has 5 nitrogen and oxygen atoms in total. The lowest BCUT2D eigenvalue weighted by atomic mass is 10.1. The number of rotatable bonds is 7. The molecule has 5 heteroatoms. The molecule has 1 aromatic rings. The van der Waals surface area contributed by atoms with E-state index >= 15 is 0 Å². The maximum atomic E-state index is 11.7. The van der Waals surface area contributed by atoms with Crippen LogP contribution in [0.1, 0.15) is 38.7 Å². The summed E-state index contributed by atoms with van der Waals surface area (Å²) in [5.41, 5.74) is 1.87. The van der Waals surface area contributed by atoms with Gasteiger partial charge in [0.25, 0.3) is 0 Å². The van der Waals surface area contributed by atoms with E-state index in [9.17, 15) is 9.59 Å². The maximum absolute atomic E-state index is 11.7. The van der Waals surface area contributed by atoms with Gasteiger partial charge in [0, 0.05) is 5.69 Å². The van der Waals surface area contributed by atoms with Crippen LogP contribution in [0.5, 0.6) is 0 Å². The molecule has 0 aromatic heterocycles. The highest BCUT2D eigenvalue weighted by atomic mass is 16.4. The van der Waals surface area contributed by atoms with Crippen LogP contribution in [0.4, 0.5) is 10.5 Å². The number of amides is 2. The monoisotopic (exact) mass is 278 g/mol. The van der Waals surface area contributed by atoms with Crippen LogP contribution in [-0.2, 0) is 11.2 Å². The van der Waals surface area contributed by atoms with Gasteiger partial charge in [0.1, 0.15) is 6.04 Å². The number of carboxylic acids is 1. The van der Waals surface area contributed by atoms with Crippen molar-refractivity contribution in [2.75, 3.05) is 5.32 Å². The first-order valence-corrected chi connectivity index (χ1v) is 6.96. The number of carboxylic acid groups (broad SMARTS) is 1. The molecule has 0 radical (unpaired) electrons. The summed E-state index contributed by atoms with van der Waals surface area (Å²) < 4.78 is 0. The lowest BCUT2D eigenvalue weighted by Gasteiger charge is -2.14. The highest BCUT2D eigenvalue weighted by Crippen LogP contribution is 2.11. The summed E-state index contributed by atoms with van der Waals surface area (Å²) in [5, 5.41) is 14.1. The normalized spacial score (nSPS) is 11.7. The molecule has 0 heterocycles. The Morgan fingerprint density at radius 2 is 1.80 bits per heavy atom. The summed E-state index contributed by atoms with van der Waals surface area (Å²) in [6, 6.07) is 6.22. The molecule has 1 atom stereocenters. The van der Waals surface area contributed by atoms with E-state index in [2.05, 4.69) is 17.6 Å². The van der Waals surface area contributed by atoms with E-state index in [0.29, 0.717) is 18.5 Å². The predicted molar refractivity (Wildman–Crippen MR) is 78.9 cm³/mol. The Bertz CT molecular complexity index is 443. The molecule has 0 bridgehead atoms. The van der Waals surface area contributed by atoms with Gasteiger partial charge in [-0.05, 0) is 30.5 Å². The minimum Gasteiger partial charge on any atom is -0.480 e. The Kier molecular flexibility index (Phi) is 6.56. The Morgan fingerprint density at radius 3 is 2.30 bits per heavy atom. The van der Waals surface area contributed by atoms with E-state index in [-0.39, 0.29) is 0 Å². The van der Waals surface area contributed by atoms with Gasteiger partial charge in [0.05, 0.1) is 0 Å². The number of carbonyl (C=O) groups excluding carboxylic acids is 1. The van der Waals surface area contributed by atoms with Gasteiger partial charge >= 0.3 is 12.0 Å². The molecule has 0 saturated heterocycles. The van der Waals surface area contributed by atoms with Crippen LogP contribution >= 0.6 is 0 Å². The van der Waals surface area contributed by atoms with Crippen molar-refractivity contribution in [1.29, 1.82) is 0 Å². The van der Waals surface area contributed by atoms with E-state index in [1.807, 2.05) is 31.2 Å². The summed E-state index contributed by atoms with van der Waals surface area (Å²) in [6.45, 7) is 3.99. The highest BCUT2D eigenvalue weighted by Gasteiger charge is 2.18. The van der Waals surface area contributed by atoms with Gasteiger partial charge in [-0.3, -0.25) is 0 Å². The summed E-state index contributed by atoms with van der Waals surface area (Å²) in [4.78, 5) is 22.7. The van der Waals surface area contributed by atoms with Gasteiger partial charge in [0.2, 0.25) is 0 Å². The molecule has 0 unspecified atom stereocenters. The Labute approximate surface area is 119 Å². The number of nitrogens with one attached hydrogen (secondary N) is 2. The molecule has 2 amide bonds. The molecular formula is C15H22N2O3. The Hall–Kier alpha value is -2.04. The van der Waals surface area contributed by atoms with Crippen molar-refractivity contribution in [2.24, 2.45) is 0 Å². The van der Waals surface area contributed by atoms with Crippen molar-refractivity contribution in [3.8, 4) is 0 Å². The quantitative estimate of drug-likeness (QED) is 0.717. The first-order valence-electron chi connectivity index (χ1n) is 6.96. The molecule has 110 valence electrons. The summed E-state index contributed by atoms with van der Waals surface area (Å²) in [5.74, 6) is -1.01. The fourth-order valence-corrected chi connectivity index (χ4v) is 1.91. The Morgan fingerprint density at radius 1 is 1.15 bits per heavy atom. The molecule has 1 rings (SSSR count). The topological polar surface area (TPSA) is 78.4 Å². The third-order valence-corrected chi connectivity index (χ3v) is 2.93. The van der Waals surface area contributed by atoms with E-state index < -0.39 is 18.0 Å². The number of carbonyl (C=O) groups is 2. The first-order chi connectivity index (χ1) is 9.56. The summed E-state index contributed by atoms with van der Waals surface area (Å²) in [6.07, 6.45) is 3.19. The van der Waals surface area contributed by atoms with Crippen molar-refractivity contribution in [3.63, 3.8) is 0 Å². The standard InChI is InChI=1S/C15H22N2O3/c1-3-5-11-7-9-12(10-8-11)16-15(20)17-13(6-4-2)14(18)19/h7-10,13H,3-6H2,1-2H3,(H,18,19)(H2,16,17,20)/t13-/m0/s1. The second kappa shape index (κ2) is 8.19. The van der Waals surface area contributed by atoms with Crippen LogP contribution in [0.2, 0.25) is 0 Å². The van der Waals surface area contributed by atoms with Crippen LogP contribution in [-0.4, -0.2) is 23.1 Å². The number of aryl methyl sites for hydroxylation is 1. The van der Waals surface area contributed by atoms with Crippen molar-refractivity contribution in [3.05, 3.63) is 29.8 Å². The number of anilines is 1. The SMILES string of the molecule is CCCc1ccc(NC(=O)N[C@@H](CCC)C(=O)O)cc1. The molecule has 0 aliphatic carbocycles. The van der Waals surface area contributed by atoms with Gasteiger partial charge in [0.15, 0.2) is 0 Å². The largest absolute Gasteiger partial charge is 0.480 e. The molecule has 1 aromatic carbocycles. The average molecular weight is 278 g/mol. The lowest BCUT2D eigenvalue weighted by molar-refractivity contribution is -0.139. The molecule has 0 saturated carbocycles. The average Bonchev–Trinajstić information content (AvgIpc) is 2.40. The minimum atomic E-state index is -1.01. The third-order valence-electron chi connectivity index (χ3n) is 2.93. The number of aliphatic carboxylic acids is 1. The fraction of sp³-hybridized carbons (Fsp3) is 0.467. The third kappa shape index (κ3) is 5.30. The van der Waals surface area contributed by atoms with Crippen molar-refractivity contribution < 1.29 is 14.7 Å². The number of urea groups is 1. The van der Waals surface area contributed by atoms with E-state index in [1.165, 1.54) is 5.56 Å². The molecule has 20 heavy (non-hydrogen) atoms. The van der Waals surface area contributed by atoms with E-state index in [1.54, 1.807) is 0 Å². The Balaban J connectivity index is 2.54. The predicted octanol–water partition coefficient (Wildman–Crippen LogP) is 3.01. The van der Waals surface area contributed by atoms with Crippen molar-refractivity contribution in [1.82, 2.24) is 5.32 Å². The minimum absolute atomic E-state index is 0.415. The second-order valence-corrected chi connectivity index (χ2v) is 4.72. The number of hydrogen-bond donors (Lipinski definition) is 3. The molecule has 0 spiro atoms. The zero-order valence-electron chi connectivity index (χ0n) is 12.0. The van der Waals surface area contributed by atoms with Gasteiger partial charge in [-0.1, -0.05) is 38.8 Å². The van der Waals surface area contributed by atoms with Crippen LogP contribution in [0.25, 0.3) is 0 Å². The van der Waals surface area contributed by atoms with E-state index in [4.69, 9.17) is 5.11 Å². The van der Waals surface area contributed by atoms with Gasteiger partial charge in [-0.15, -0.1) is 0 Å². The number of benzene rings is 1. The zero-order chi connectivity index (χ0) is 15.0. The van der Waals surface area contributed by atoms with Crippen molar-refractivity contribution in [2.45, 2.75) is 45.6 Å². The highest BCUT2D eigenvalue weighted by molar-refractivity contribution is 5.92. The fourth-order valence-electron chi connectivity index (χ4n) is 1.91. The summed E-state index contributed by atoms with van der Waals surface area (Å²) >= 11 is 0. The van der Waals surface area contributed by atoms with Crippen LogP contribution in [0, 0.1) is 0 Å². The number of hydrogen-bond acceptors (Lipinski definition) is 2.